The maximum Gasteiger partial charge on any atom is 0.197 e. The zero-order valence-electron chi connectivity index (χ0n) is 7.37. The van der Waals surface area contributed by atoms with E-state index in [4.69, 9.17) is 5.73 Å². The molecule has 0 aliphatic carbocycles. The zero-order chi connectivity index (χ0) is 9.26. The first kappa shape index (κ1) is 8.31. The number of aromatic nitrogens is 2. The van der Waals surface area contributed by atoms with Gasteiger partial charge in [-0.3, -0.25) is 0 Å². The van der Waals surface area contributed by atoms with E-state index in [-0.39, 0.29) is 0 Å². The molecular weight excluding hydrogens is 182 g/mol. The van der Waals surface area contributed by atoms with Gasteiger partial charge in [0.25, 0.3) is 0 Å². The number of imidazole rings is 1. The summed E-state index contributed by atoms with van der Waals surface area (Å²) in [5.41, 5.74) is 6.50. The highest BCUT2D eigenvalue weighted by atomic mass is 32.1. The van der Waals surface area contributed by atoms with Crippen LogP contribution in [0.2, 0.25) is 0 Å². The van der Waals surface area contributed by atoms with Crippen molar-refractivity contribution in [2.24, 2.45) is 0 Å². The van der Waals surface area contributed by atoms with Crippen molar-refractivity contribution in [1.29, 1.82) is 0 Å². The fraction of sp³-hybridized carbons (Fsp3) is 0.222. The molecule has 0 unspecified atom stereocenters. The normalized spacial score (nSPS) is 10.5. The molecule has 0 saturated carbocycles. The highest BCUT2D eigenvalue weighted by Crippen LogP contribution is 2.26. The van der Waals surface area contributed by atoms with Gasteiger partial charge in [-0.2, -0.15) is 0 Å². The molecule has 2 aromatic heterocycles. The predicted molar refractivity (Wildman–Crippen MR) is 55.7 cm³/mol. The summed E-state index contributed by atoms with van der Waals surface area (Å²) in [5, 5.41) is 0. The van der Waals surface area contributed by atoms with Gasteiger partial charge in [-0.15, -0.1) is 11.3 Å². The summed E-state index contributed by atoms with van der Waals surface area (Å²) < 4.78 is 0. The summed E-state index contributed by atoms with van der Waals surface area (Å²) in [6, 6.07) is 4.23. The van der Waals surface area contributed by atoms with Crippen molar-refractivity contribution in [3.8, 4) is 10.6 Å². The van der Waals surface area contributed by atoms with Crippen molar-refractivity contribution in [3.63, 3.8) is 0 Å². The Bertz CT molecular complexity index is 402. The van der Waals surface area contributed by atoms with Gasteiger partial charge in [0.05, 0.1) is 16.8 Å². The lowest BCUT2D eigenvalue weighted by Gasteiger charge is -1.88. The maximum absolute atomic E-state index is 5.49. The number of hydrogen-bond donors (Lipinski definition) is 2. The van der Waals surface area contributed by atoms with Crippen LogP contribution in [-0.2, 0) is 6.42 Å². The van der Waals surface area contributed by atoms with Gasteiger partial charge in [-0.1, -0.05) is 6.92 Å². The van der Waals surface area contributed by atoms with Crippen molar-refractivity contribution in [3.05, 3.63) is 23.2 Å². The molecular formula is C9H11N3S. The van der Waals surface area contributed by atoms with Crippen LogP contribution in [0.15, 0.2) is 18.3 Å². The molecule has 3 N–H and O–H groups in total. The van der Waals surface area contributed by atoms with Gasteiger partial charge in [-0.05, 0) is 18.6 Å². The number of rotatable bonds is 2. The van der Waals surface area contributed by atoms with Crippen molar-refractivity contribution >= 4 is 17.3 Å². The SMILES string of the molecule is CCc1ccc(-c2cnc(N)[nH]2)s1. The van der Waals surface area contributed by atoms with Gasteiger partial charge in [0.1, 0.15) is 0 Å². The van der Waals surface area contributed by atoms with E-state index < -0.39 is 0 Å². The number of aromatic amines is 1. The Kier molecular flexibility index (Phi) is 2.06. The summed E-state index contributed by atoms with van der Waals surface area (Å²) >= 11 is 1.77. The summed E-state index contributed by atoms with van der Waals surface area (Å²) in [7, 11) is 0. The molecule has 0 spiro atoms. The van der Waals surface area contributed by atoms with Crippen molar-refractivity contribution in [1.82, 2.24) is 9.97 Å². The molecule has 0 atom stereocenters. The Hall–Kier alpha value is -1.29. The molecule has 0 saturated heterocycles. The lowest BCUT2D eigenvalue weighted by molar-refractivity contribution is 1.19. The molecule has 0 amide bonds. The number of nitrogens with zero attached hydrogens (tertiary/aromatic N) is 1. The molecule has 0 aromatic carbocycles. The third-order valence-electron chi connectivity index (χ3n) is 1.87. The maximum atomic E-state index is 5.49. The third kappa shape index (κ3) is 1.58. The molecule has 0 radical (unpaired) electrons. The average Bonchev–Trinajstić information content (AvgIpc) is 2.71. The molecule has 2 aromatic rings. The van der Waals surface area contributed by atoms with Crippen LogP contribution >= 0.6 is 11.3 Å². The summed E-state index contributed by atoms with van der Waals surface area (Å²) in [4.78, 5) is 9.54. The second-order valence-electron chi connectivity index (χ2n) is 2.80. The van der Waals surface area contributed by atoms with Crippen LogP contribution in [0, 0.1) is 0 Å². The van der Waals surface area contributed by atoms with E-state index >= 15 is 0 Å². The van der Waals surface area contributed by atoms with Crippen LogP contribution in [-0.4, -0.2) is 9.97 Å². The molecule has 0 aliphatic heterocycles. The second kappa shape index (κ2) is 3.22. The number of anilines is 1. The number of H-pyrrole nitrogens is 1. The van der Waals surface area contributed by atoms with Crippen LogP contribution in [0.4, 0.5) is 5.95 Å². The summed E-state index contributed by atoms with van der Waals surface area (Å²) in [6.45, 7) is 2.15. The highest BCUT2D eigenvalue weighted by Gasteiger charge is 2.03. The minimum Gasteiger partial charge on any atom is -0.369 e. The average molecular weight is 193 g/mol. The van der Waals surface area contributed by atoms with Crippen LogP contribution in [0.25, 0.3) is 10.6 Å². The molecule has 2 rings (SSSR count). The minimum absolute atomic E-state index is 0.474. The van der Waals surface area contributed by atoms with E-state index in [1.165, 1.54) is 9.75 Å². The lowest BCUT2D eigenvalue weighted by atomic mass is 10.3. The first-order chi connectivity index (χ1) is 6.29. The molecule has 13 heavy (non-hydrogen) atoms. The molecule has 4 heteroatoms. The smallest absolute Gasteiger partial charge is 0.197 e. The molecule has 3 nitrogen and oxygen atoms in total. The largest absolute Gasteiger partial charge is 0.369 e. The Morgan fingerprint density at radius 2 is 2.38 bits per heavy atom. The number of hydrogen-bond acceptors (Lipinski definition) is 3. The van der Waals surface area contributed by atoms with Crippen LogP contribution < -0.4 is 5.73 Å². The van der Waals surface area contributed by atoms with Gasteiger partial charge in [0, 0.05) is 4.88 Å². The minimum atomic E-state index is 0.474. The quantitative estimate of drug-likeness (QED) is 0.768. The zero-order valence-corrected chi connectivity index (χ0v) is 8.19. The van der Waals surface area contributed by atoms with Gasteiger partial charge in [0.2, 0.25) is 0 Å². The Labute approximate surface area is 80.6 Å². The fourth-order valence-electron chi connectivity index (χ4n) is 1.17. The number of nitrogen functional groups attached to an aromatic ring is 1. The van der Waals surface area contributed by atoms with E-state index in [1.54, 1.807) is 17.5 Å². The summed E-state index contributed by atoms with van der Waals surface area (Å²) in [6.07, 6.45) is 2.84. The van der Waals surface area contributed by atoms with Crippen LogP contribution in [0.1, 0.15) is 11.8 Å². The molecule has 0 bridgehead atoms. The van der Waals surface area contributed by atoms with E-state index in [2.05, 4.69) is 29.0 Å². The van der Waals surface area contributed by atoms with E-state index in [9.17, 15) is 0 Å². The van der Waals surface area contributed by atoms with Crippen LogP contribution in [0.5, 0.6) is 0 Å². The molecule has 0 aliphatic rings. The lowest BCUT2D eigenvalue weighted by Crippen LogP contribution is -1.84. The van der Waals surface area contributed by atoms with E-state index in [0.717, 1.165) is 12.1 Å². The Morgan fingerprint density at radius 1 is 1.54 bits per heavy atom. The van der Waals surface area contributed by atoms with Gasteiger partial charge < -0.3 is 10.7 Å². The highest BCUT2D eigenvalue weighted by molar-refractivity contribution is 7.15. The number of thiophene rings is 1. The fourth-order valence-corrected chi connectivity index (χ4v) is 2.09. The third-order valence-corrected chi connectivity index (χ3v) is 3.13. The first-order valence-electron chi connectivity index (χ1n) is 4.19. The van der Waals surface area contributed by atoms with Crippen molar-refractivity contribution < 1.29 is 0 Å². The Morgan fingerprint density at radius 3 is 2.92 bits per heavy atom. The number of aryl methyl sites for hydroxylation is 1. The molecule has 2 heterocycles. The first-order valence-corrected chi connectivity index (χ1v) is 5.01. The molecule has 68 valence electrons. The van der Waals surface area contributed by atoms with Gasteiger partial charge in [0.15, 0.2) is 5.95 Å². The predicted octanol–water partition coefficient (Wildman–Crippen LogP) is 2.28. The van der Waals surface area contributed by atoms with E-state index in [1.807, 2.05) is 0 Å². The number of nitrogens with one attached hydrogen (secondary N) is 1. The standard InChI is InChI=1S/C9H11N3S/c1-2-6-3-4-8(13-6)7-5-11-9(10)12-7/h3-5H,2H2,1H3,(H3,10,11,12). The van der Waals surface area contributed by atoms with Gasteiger partial charge >= 0.3 is 0 Å². The van der Waals surface area contributed by atoms with E-state index in [0.29, 0.717) is 5.95 Å². The topological polar surface area (TPSA) is 54.7 Å². The van der Waals surface area contributed by atoms with Crippen molar-refractivity contribution in [2.45, 2.75) is 13.3 Å². The Balaban J connectivity index is 2.35. The summed E-state index contributed by atoms with van der Waals surface area (Å²) in [5.74, 6) is 0.474. The molecule has 0 fully saturated rings. The monoisotopic (exact) mass is 193 g/mol. The van der Waals surface area contributed by atoms with Crippen LogP contribution in [0.3, 0.4) is 0 Å². The second-order valence-corrected chi connectivity index (χ2v) is 3.97. The number of nitrogens with two attached hydrogens (primary N) is 1. The van der Waals surface area contributed by atoms with Gasteiger partial charge in [-0.25, -0.2) is 4.98 Å². The van der Waals surface area contributed by atoms with Crippen molar-refractivity contribution in [2.75, 3.05) is 5.73 Å².